The van der Waals surface area contributed by atoms with Crippen LogP contribution in [0.5, 0.6) is 23.1 Å². The number of pyridine rings is 1. The van der Waals surface area contributed by atoms with Gasteiger partial charge in [0.15, 0.2) is 0 Å². The Hall–Kier alpha value is -3.25. The Kier molecular flexibility index (Phi) is 5.53. The van der Waals surface area contributed by atoms with Crippen molar-refractivity contribution in [3.63, 3.8) is 0 Å². The standard InChI is InChI=1S/C22H19ClN2O4/c1-27-17-5-7-18(8-6-17)29-22-19(3-2-10-24-22)25-21(26)15-11-14-12-16(23)4-9-20(14)28-13-15/h2-10,12,15H,11,13H2,1H3,(H,25,26). The third-order valence-corrected chi connectivity index (χ3v) is 4.84. The highest BCUT2D eigenvalue weighted by atomic mass is 35.5. The van der Waals surface area contributed by atoms with Crippen molar-refractivity contribution in [3.8, 4) is 23.1 Å². The molecule has 2 aromatic carbocycles. The second-order valence-corrected chi connectivity index (χ2v) is 7.02. The maximum atomic E-state index is 12.8. The summed E-state index contributed by atoms with van der Waals surface area (Å²) in [5, 5.41) is 3.53. The minimum absolute atomic E-state index is 0.164. The normalized spacial score (nSPS) is 15.0. The van der Waals surface area contributed by atoms with Gasteiger partial charge < -0.3 is 19.5 Å². The van der Waals surface area contributed by atoms with Crippen molar-refractivity contribution in [2.75, 3.05) is 19.0 Å². The Bertz CT molecular complexity index is 1020. The summed E-state index contributed by atoms with van der Waals surface area (Å²) in [7, 11) is 1.60. The number of benzene rings is 2. The molecule has 1 unspecified atom stereocenters. The van der Waals surface area contributed by atoms with E-state index in [2.05, 4.69) is 10.3 Å². The van der Waals surface area contributed by atoms with E-state index in [1.165, 1.54) is 0 Å². The zero-order valence-electron chi connectivity index (χ0n) is 15.7. The van der Waals surface area contributed by atoms with Crippen LogP contribution in [0.4, 0.5) is 5.69 Å². The molecule has 4 rings (SSSR count). The summed E-state index contributed by atoms with van der Waals surface area (Å²) in [6, 6.07) is 16.0. The Morgan fingerprint density at radius 3 is 2.76 bits per heavy atom. The number of rotatable bonds is 5. The van der Waals surface area contributed by atoms with Gasteiger partial charge in [0.05, 0.1) is 13.0 Å². The lowest BCUT2D eigenvalue weighted by molar-refractivity contribution is -0.121. The number of aromatic nitrogens is 1. The van der Waals surface area contributed by atoms with Crippen molar-refractivity contribution in [2.24, 2.45) is 5.92 Å². The Morgan fingerprint density at radius 2 is 1.97 bits per heavy atom. The molecule has 1 N–H and O–H groups in total. The molecule has 6 nitrogen and oxygen atoms in total. The molecule has 2 heterocycles. The number of hydrogen-bond donors (Lipinski definition) is 1. The molecule has 0 fully saturated rings. The van der Waals surface area contributed by atoms with E-state index < -0.39 is 0 Å². The van der Waals surface area contributed by atoms with Crippen LogP contribution in [-0.2, 0) is 11.2 Å². The van der Waals surface area contributed by atoms with Crippen molar-refractivity contribution >= 4 is 23.2 Å². The molecule has 1 aromatic heterocycles. The van der Waals surface area contributed by atoms with Gasteiger partial charge in [-0.25, -0.2) is 4.98 Å². The van der Waals surface area contributed by atoms with Gasteiger partial charge in [-0.2, -0.15) is 0 Å². The average molecular weight is 411 g/mol. The fourth-order valence-electron chi connectivity index (χ4n) is 3.09. The molecule has 0 spiro atoms. The van der Waals surface area contributed by atoms with Gasteiger partial charge >= 0.3 is 0 Å². The van der Waals surface area contributed by atoms with E-state index in [0.717, 1.165) is 17.1 Å². The molecule has 29 heavy (non-hydrogen) atoms. The Labute approximate surface area is 173 Å². The van der Waals surface area contributed by atoms with Crippen LogP contribution in [0.2, 0.25) is 5.02 Å². The molecule has 148 valence electrons. The summed E-state index contributed by atoms with van der Waals surface area (Å²) in [6.07, 6.45) is 2.16. The number of anilines is 1. The van der Waals surface area contributed by atoms with Crippen molar-refractivity contribution < 1.29 is 19.0 Å². The van der Waals surface area contributed by atoms with E-state index in [0.29, 0.717) is 35.4 Å². The maximum absolute atomic E-state index is 12.8. The number of fused-ring (bicyclic) bond motifs is 1. The average Bonchev–Trinajstić information content (AvgIpc) is 2.75. The molecule has 3 aromatic rings. The summed E-state index contributed by atoms with van der Waals surface area (Å²) in [5.74, 6) is 1.89. The van der Waals surface area contributed by atoms with Crippen LogP contribution in [0.1, 0.15) is 5.56 Å². The van der Waals surface area contributed by atoms with Crippen LogP contribution >= 0.6 is 11.6 Å². The minimum atomic E-state index is -0.338. The van der Waals surface area contributed by atoms with Crippen LogP contribution in [0.3, 0.4) is 0 Å². The zero-order valence-corrected chi connectivity index (χ0v) is 16.5. The minimum Gasteiger partial charge on any atom is -0.497 e. The van der Waals surface area contributed by atoms with E-state index in [9.17, 15) is 4.79 Å². The molecular weight excluding hydrogens is 392 g/mol. The quantitative estimate of drug-likeness (QED) is 0.658. The van der Waals surface area contributed by atoms with Crippen molar-refractivity contribution in [2.45, 2.75) is 6.42 Å². The molecule has 0 radical (unpaired) electrons. The van der Waals surface area contributed by atoms with E-state index in [1.54, 1.807) is 55.8 Å². The Balaban J connectivity index is 1.47. The van der Waals surface area contributed by atoms with Gasteiger partial charge in [-0.1, -0.05) is 11.6 Å². The predicted octanol–water partition coefficient (Wildman–Crippen LogP) is 4.73. The van der Waals surface area contributed by atoms with Crippen molar-refractivity contribution in [3.05, 3.63) is 71.4 Å². The number of carbonyl (C=O) groups is 1. The summed E-state index contributed by atoms with van der Waals surface area (Å²) >= 11 is 6.06. The third-order valence-electron chi connectivity index (χ3n) is 4.60. The lowest BCUT2D eigenvalue weighted by Gasteiger charge is -2.25. The van der Waals surface area contributed by atoms with Gasteiger partial charge in [0.25, 0.3) is 0 Å². The van der Waals surface area contributed by atoms with Gasteiger partial charge in [-0.3, -0.25) is 4.79 Å². The Morgan fingerprint density at radius 1 is 1.17 bits per heavy atom. The molecule has 1 aliphatic rings. The van der Waals surface area contributed by atoms with Crippen LogP contribution in [0.15, 0.2) is 60.8 Å². The van der Waals surface area contributed by atoms with Crippen molar-refractivity contribution in [1.29, 1.82) is 0 Å². The maximum Gasteiger partial charge on any atom is 0.243 e. The topological polar surface area (TPSA) is 69.7 Å². The number of methoxy groups -OCH3 is 1. The lowest BCUT2D eigenvalue weighted by atomic mass is 9.96. The highest BCUT2D eigenvalue weighted by molar-refractivity contribution is 6.30. The number of amides is 1. The molecule has 0 saturated heterocycles. The molecule has 1 amide bonds. The monoisotopic (exact) mass is 410 g/mol. The van der Waals surface area contributed by atoms with Crippen LogP contribution in [0.25, 0.3) is 0 Å². The number of hydrogen-bond acceptors (Lipinski definition) is 5. The highest BCUT2D eigenvalue weighted by Crippen LogP contribution is 2.32. The smallest absolute Gasteiger partial charge is 0.243 e. The first-order valence-corrected chi connectivity index (χ1v) is 9.49. The summed E-state index contributed by atoms with van der Waals surface area (Å²) < 4.78 is 16.7. The van der Waals surface area contributed by atoms with Crippen LogP contribution in [-0.4, -0.2) is 24.6 Å². The first kappa shape index (κ1) is 19.1. The molecule has 1 atom stereocenters. The van der Waals surface area contributed by atoms with E-state index in [1.807, 2.05) is 12.1 Å². The number of ether oxygens (including phenoxy) is 3. The first-order valence-electron chi connectivity index (χ1n) is 9.11. The van der Waals surface area contributed by atoms with Gasteiger partial charge in [-0.15, -0.1) is 0 Å². The summed E-state index contributed by atoms with van der Waals surface area (Å²) in [5.41, 5.74) is 1.41. The van der Waals surface area contributed by atoms with Gasteiger partial charge in [0.2, 0.25) is 11.8 Å². The molecule has 0 bridgehead atoms. The second kappa shape index (κ2) is 8.41. The van der Waals surface area contributed by atoms with E-state index in [4.69, 9.17) is 25.8 Å². The number of nitrogens with one attached hydrogen (secondary N) is 1. The largest absolute Gasteiger partial charge is 0.497 e. The molecular formula is C22H19ClN2O4. The molecule has 7 heteroatoms. The first-order chi connectivity index (χ1) is 14.1. The summed E-state index contributed by atoms with van der Waals surface area (Å²) in [6.45, 7) is 0.301. The lowest BCUT2D eigenvalue weighted by Crippen LogP contribution is -2.32. The van der Waals surface area contributed by atoms with Crippen LogP contribution in [0, 0.1) is 5.92 Å². The number of halogens is 1. The van der Waals surface area contributed by atoms with Gasteiger partial charge in [0.1, 0.15) is 29.5 Å². The van der Waals surface area contributed by atoms with E-state index in [-0.39, 0.29) is 11.8 Å². The fraction of sp³-hybridized carbons (Fsp3) is 0.182. The van der Waals surface area contributed by atoms with Gasteiger partial charge in [-0.05, 0) is 66.6 Å². The molecule has 0 aliphatic carbocycles. The number of carbonyl (C=O) groups excluding carboxylic acids is 1. The summed E-state index contributed by atoms with van der Waals surface area (Å²) in [4.78, 5) is 17.1. The second-order valence-electron chi connectivity index (χ2n) is 6.59. The molecule has 0 saturated carbocycles. The SMILES string of the molecule is COc1ccc(Oc2ncccc2NC(=O)C2COc3ccc(Cl)cc3C2)cc1. The highest BCUT2D eigenvalue weighted by Gasteiger charge is 2.27. The molecule has 1 aliphatic heterocycles. The fourth-order valence-corrected chi connectivity index (χ4v) is 3.28. The zero-order chi connectivity index (χ0) is 20.2. The third kappa shape index (κ3) is 4.43. The van der Waals surface area contributed by atoms with Gasteiger partial charge in [0, 0.05) is 11.2 Å². The predicted molar refractivity (Wildman–Crippen MR) is 110 cm³/mol. The van der Waals surface area contributed by atoms with Crippen LogP contribution < -0.4 is 19.5 Å². The van der Waals surface area contributed by atoms with Crippen molar-refractivity contribution in [1.82, 2.24) is 4.98 Å². The van der Waals surface area contributed by atoms with E-state index >= 15 is 0 Å². The number of nitrogens with zero attached hydrogens (tertiary/aromatic N) is 1.